The molecule has 0 aromatic heterocycles. The van der Waals surface area contributed by atoms with Crippen LogP contribution >= 0.6 is 0 Å². The van der Waals surface area contributed by atoms with Gasteiger partial charge in [-0.2, -0.15) is 4.31 Å². The number of hydrogen-bond donors (Lipinski definition) is 2. The van der Waals surface area contributed by atoms with Gasteiger partial charge in [-0.15, -0.1) is 0 Å². The molecule has 3 N–H and O–H groups in total. The predicted molar refractivity (Wildman–Crippen MR) is 135 cm³/mol. The number of amides is 1. The van der Waals surface area contributed by atoms with Crippen molar-refractivity contribution in [2.24, 2.45) is 5.73 Å². The Kier molecular flexibility index (Phi) is 6.58. The lowest BCUT2D eigenvalue weighted by atomic mass is 10.1. The van der Waals surface area contributed by atoms with E-state index in [-0.39, 0.29) is 31.3 Å². The molecule has 0 bridgehead atoms. The smallest absolute Gasteiger partial charge is 0.243 e. The largest absolute Gasteiger partial charge is 0.384 e. The number of sulfonamides is 1. The monoisotopic (exact) mass is 479 g/mol. The number of carbonyl (C=O) groups is 1. The first-order chi connectivity index (χ1) is 16.2. The van der Waals surface area contributed by atoms with E-state index in [0.717, 1.165) is 16.6 Å². The third kappa shape index (κ3) is 4.62. The molecule has 1 fully saturated rings. The summed E-state index contributed by atoms with van der Waals surface area (Å²) in [4.78, 5) is 16.7. The van der Waals surface area contributed by atoms with Crippen molar-refractivity contribution in [1.82, 2.24) is 9.21 Å². The second-order valence-corrected chi connectivity index (χ2v) is 10.5. The number of nitrogen functional groups attached to an aromatic ring is 1. The molecule has 0 spiro atoms. The van der Waals surface area contributed by atoms with Crippen LogP contribution in [-0.2, 0) is 21.2 Å². The highest BCUT2D eigenvalue weighted by atomic mass is 32.2. The van der Waals surface area contributed by atoms with E-state index >= 15 is 0 Å². The molecule has 3 aromatic rings. The molecule has 1 aliphatic heterocycles. The first-order valence-corrected chi connectivity index (χ1v) is 12.5. The lowest BCUT2D eigenvalue weighted by molar-refractivity contribution is -0.131. The Morgan fingerprint density at radius 1 is 0.941 bits per heavy atom. The summed E-state index contributed by atoms with van der Waals surface area (Å²) >= 11 is 0. The van der Waals surface area contributed by atoms with Crippen molar-refractivity contribution in [2.75, 3.05) is 45.2 Å². The second kappa shape index (κ2) is 9.44. The van der Waals surface area contributed by atoms with Crippen molar-refractivity contribution in [3.05, 3.63) is 71.8 Å². The summed E-state index contributed by atoms with van der Waals surface area (Å²) in [7, 11) is 0.162. The van der Waals surface area contributed by atoms with Crippen LogP contribution in [-0.4, -0.2) is 69.6 Å². The maximum Gasteiger partial charge on any atom is 0.243 e. The van der Waals surface area contributed by atoms with Crippen molar-refractivity contribution in [2.45, 2.75) is 11.3 Å². The zero-order valence-corrected chi connectivity index (χ0v) is 20.2. The highest BCUT2D eigenvalue weighted by molar-refractivity contribution is 7.89. The van der Waals surface area contributed by atoms with E-state index in [2.05, 4.69) is 0 Å². The maximum absolute atomic E-state index is 13.5. The van der Waals surface area contributed by atoms with Crippen molar-refractivity contribution in [3.8, 4) is 0 Å². The van der Waals surface area contributed by atoms with Crippen LogP contribution < -0.4 is 10.6 Å². The van der Waals surface area contributed by atoms with Crippen LogP contribution in [0.5, 0.6) is 0 Å². The minimum atomic E-state index is -3.71. The van der Waals surface area contributed by atoms with Crippen molar-refractivity contribution < 1.29 is 13.2 Å². The van der Waals surface area contributed by atoms with Crippen LogP contribution in [0.3, 0.4) is 0 Å². The molecule has 0 radical (unpaired) electrons. The topological polar surface area (TPSA) is 111 Å². The Labute approximate surface area is 200 Å². The number of amidine groups is 1. The second-order valence-electron chi connectivity index (χ2n) is 8.60. The fourth-order valence-corrected chi connectivity index (χ4v) is 5.91. The van der Waals surface area contributed by atoms with E-state index in [4.69, 9.17) is 11.1 Å². The lowest BCUT2D eigenvalue weighted by Crippen LogP contribution is -2.50. The van der Waals surface area contributed by atoms with Gasteiger partial charge in [-0.25, -0.2) is 8.42 Å². The highest BCUT2D eigenvalue weighted by Gasteiger charge is 2.31. The van der Waals surface area contributed by atoms with Gasteiger partial charge in [-0.1, -0.05) is 48.5 Å². The molecule has 0 atom stereocenters. The van der Waals surface area contributed by atoms with Gasteiger partial charge in [0.2, 0.25) is 15.9 Å². The predicted octanol–water partition coefficient (Wildman–Crippen LogP) is 2.27. The van der Waals surface area contributed by atoms with Gasteiger partial charge in [-0.05, 0) is 17.7 Å². The van der Waals surface area contributed by atoms with Gasteiger partial charge in [0.15, 0.2) is 0 Å². The van der Waals surface area contributed by atoms with Gasteiger partial charge < -0.3 is 15.5 Å². The van der Waals surface area contributed by atoms with Crippen LogP contribution in [0.2, 0.25) is 0 Å². The van der Waals surface area contributed by atoms with Crippen LogP contribution in [0.25, 0.3) is 10.8 Å². The van der Waals surface area contributed by atoms with E-state index in [1.54, 1.807) is 41.3 Å². The number of carbonyl (C=O) groups excluding carboxylic acids is 1. The zero-order valence-electron chi connectivity index (χ0n) is 19.4. The summed E-state index contributed by atoms with van der Waals surface area (Å²) in [5, 5.41) is 9.04. The number of fused-ring (bicyclic) bond motifs is 1. The van der Waals surface area contributed by atoms with Crippen molar-refractivity contribution in [1.29, 1.82) is 5.41 Å². The minimum Gasteiger partial charge on any atom is -0.384 e. The molecule has 1 amide bonds. The average molecular weight is 480 g/mol. The number of nitrogens with one attached hydrogen (secondary N) is 1. The number of benzene rings is 3. The quantitative estimate of drug-likeness (QED) is 0.416. The molecular formula is C25H29N5O3S. The molecular weight excluding hydrogens is 450 g/mol. The Morgan fingerprint density at radius 3 is 2.18 bits per heavy atom. The van der Waals surface area contributed by atoms with Crippen LogP contribution in [0.4, 0.5) is 5.69 Å². The van der Waals surface area contributed by atoms with Crippen LogP contribution in [0.1, 0.15) is 11.1 Å². The number of nitrogens with zero attached hydrogens (tertiary/aromatic N) is 3. The number of anilines is 1. The van der Waals surface area contributed by atoms with Gasteiger partial charge in [-0.3, -0.25) is 10.2 Å². The Balaban J connectivity index is 1.47. The molecule has 0 aliphatic carbocycles. The van der Waals surface area contributed by atoms with Gasteiger partial charge in [0.25, 0.3) is 0 Å². The fraction of sp³-hybridized carbons (Fsp3) is 0.280. The fourth-order valence-electron chi connectivity index (χ4n) is 4.28. The SMILES string of the molecule is CN(C)c1cccc2c(S(=O)(=O)N3CCN(C(=O)Cc4ccc(C(=N)N)cc4)CC3)cccc12. The van der Waals surface area contributed by atoms with E-state index in [9.17, 15) is 13.2 Å². The molecule has 1 saturated heterocycles. The van der Waals surface area contributed by atoms with E-state index in [0.29, 0.717) is 28.9 Å². The average Bonchev–Trinajstić information content (AvgIpc) is 2.83. The molecule has 1 aliphatic rings. The summed E-state index contributed by atoms with van der Waals surface area (Å²) in [5.41, 5.74) is 7.88. The van der Waals surface area contributed by atoms with Gasteiger partial charge in [0.05, 0.1) is 11.3 Å². The number of piperazine rings is 1. The molecule has 9 heteroatoms. The number of hydrogen-bond acceptors (Lipinski definition) is 5. The van der Waals surface area contributed by atoms with E-state index < -0.39 is 10.0 Å². The van der Waals surface area contributed by atoms with E-state index in [1.807, 2.05) is 43.3 Å². The highest BCUT2D eigenvalue weighted by Crippen LogP contribution is 2.32. The minimum absolute atomic E-state index is 0.0145. The van der Waals surface area contributed by atoms with E-state index in [1.165, 1.54) is 4.31 Å². The number of rotatable bonds is 6. The van der Waals surface area contributed by atoms with Crippen LogP contribution in [0, 0.1) is 5.41 Å². The summed E-state index contributed by atoms with van der Waals surface area (Å²) < 4.78 is 28.5. The Bertz CT molecular complexity index is 1330. The Morgan fingerprint density at radius 2 is 1.56 bits per heavy atom. The van der Waals surface area contributed by atoms with Crippen LogP contribution in [0.15, 0.2) is 65.6 Å². The first kappa shape index (κ1) is 23.7. The third-order valence-corrected chi connectivity index (χ3v) is 8.13. The summed E-state index contributed by atoms with van der Waals surface area (Å²) in [6, 6.07) is 18.1. The van der Waals surface area contributed by atoms with Gasteiger partial charge in [0.1, 0.15) is 5.84 Å². The molecule has 4 rings (SSSR count). The maximum atomic E-state index is 13.5. The lowest BCUT2D eigenvalue weighted by Gasteiger charge is -2.34. The summed E-state index contributed by atoms with van der Waals surface area (Å²) in [5.74, 6) is -0.0623. The zero-order chi connectivity index (χ0) is 24.5. The molecule has 0 saturated carbocycles. The first-order valence-electron chi connectivity index (χ1n) is 11.1. The van der Waals surface area contributed by atoms with Gasteiger partial charge >= 0.3 is 0 Å². The molecule has 178 valence electrons. The van der Waals surface area contributed by atoms with Crippen molar-refractivity contribution >= 4 is 38.2 Å². The normalized spacial score (nSPS) is 14.8. The molecule has 8 nitrogen and oxygen atoms in total. The van der Waals surface area contributed by atoms with Gasteiger partial charge in [0, 0.05) is 62.3 Å². The summed E-state index contributed by atoms with van der Waals surface area (Å²) in [6.07, 6.45) is 0.224. The Hall–Kier alpha value is -3.43. The third-order valence-electron chi connectivity index (χ3n) is 6.17. The molecule has 34 heavy (non-hydrogen) atoms. The van der Waals surface area contributed by atoms with Crippen molar-refractivity contribution in [3.63, 3.8) is 0 Å². The molecule has 1 heterocycles. The standard InChI is InChI=1S/C25H29N5O3S/c1-28(2)22-7-3-6-21-20(22)5-4-8-23(21)34(32,33)30-15-13-29(14-16-30)24(31)17-18-9-11-19(12-10-18)25(26)27/h3-12H,13-17H2,1-2H3,(H3,26,27). The number of nitrogens with two attached hydrogens (primary N) is 1. The molecule has 3 aromatic carbocycles. The summed E-state index contributed by atoms with van der Waals surface area (Å²) in [6.45, 7) is 1.19. The molecule has 0 unspecified atom stereocenters.